The molecule has 41 heavy (non-hydrogen) atoms. The number of carbonyl (C=O) groups excluding carboxylic acids is 2. The molecule has 6 nitrogen and oxygen atoms in total. The highest BCUT2D eigenvalue weighted by atomic mass is 16.5. The van der Waals surface area contributed by atoms with E-state index in [1.54, 1.807) is 0 Å². The number of hydrogen-bond acceptors (Lipinski definition) is 4. The molecule has 0 heterocycles. The normalized spacial score (nSPS) is 12.0. The standard InChI is InChI=1S/C35H65NO5/c1-3-5-7-9-11-13-14-15-16-19-23-27-32(41-35(40)30-26-22-17-12-10-8-6-4-2)28-24-20-18-21-25-29-33(37)36-31-34(38)39/h15-16,32H,3-14,17-31H2,1-2H3,(H,36,37)(H,38,39)/b16-15-. The van der Waals surface area contributed by atoms with Crippen LogP contribution >= 0.6 is 0 Å². The predicted octanol–water partition coefficient (Wildman–Crippen LogP) is 9.84. The van der Waals surface area contributed by atoms with E-state index in [1.165, 1.54) is 83.5 Å². The first kappa shape index (κ1) is 39.1. The van der Waals surface area contributed by atoms with Gasteiger partial charge in [-0.15, -0.1) is 0 Å². The van der Waals surface area contributed by atoms with Gasteiger partial charge in [0.1, 0.15) is 12.6 Å². The average Bonchev–Trinajstić information content (AvgIpc) is 2.95. The highest BCUT2D eigenvalue weighted by Gasteiger charge is 2.14. The lowest BCUT2D eigenvalue weighted by atomic mass is 10.0. The lowest BCUT2D eigenvalue weighted by molar-refractivity contribution is -0.150. The van der Waals surface area contributed by atoms with Gasteiger partial charge in [-0.05, 0) is 57.8 Å². The molecule has 240 valence electrons. The van der Waals surface area contributed by atoms with Crippen molar-refractivity contribution in [2.24, 2.45) is 0 Å². The monoisotopic (exact) mass is 579 g/mol. The number of aliphatic carboxylic acids is 1. The molecule has 1 atom stereocenters. The molecule has 0 aliphatic carbocycles. The fraction of sp³-hybridized carbons (Fsp3) is 0.857. The van der Waals surface area contributed by atoms with E-state index < -0.39 is 5.97 Å². The first-order valence-electron chi connectivity index (χ1n) is 17.3. The van der Waals surface area contributed by atoms with E-state index >= 15 is 0 Å². The maximum atomic E-state index is 12.6. The SMILES string of the molecule is CCCCCCCC/C=C\CCCC(CCCCCCCC(=O)NCC(=O)O)OC(=O)CCCCCCCCCC. The van der Waals surface area contributed by atoms with E-state index in [1.807, 2.05) is 0 Å². The average molecular weight is 580 g/mol. The van der Waals surface area contributed by atoms with Gasteiger partial charge >= 0.3 is 11.9 Å². The van der Waals surface area contributed by atoms with Crippen LogP contribution in [0.4, 0.5) is 0 Å². The second-order valence-electron chi connectivity index (χ2n) is 11.8. The molecule has 0 rings (SSSR count). The summed E-state index contributed by atoms with van der Waals surface area (Å²) < 4.78 is 5.94. The van der Waals surface area contributed by atoms with Crippen LogP contribution < -0.4 is 5.32 Å². The summed E-state index contributed by atoms with van der Waals surface area (Å²) in [6, 6.07) is 0. The van der Waals surface area contributed by atoms with Gasteiger partial charge in [-0.1, -0.05) is 122 Å². The Hall–Kier alpha value is -1.85. The lowest BCUT2D eigenvalue weighted by Crippen LogP contribution is -2.28. The molecule has 0 bridgehead atoms. The molecule has 6 heteroatoms. The van der Waals surface area contributed by atoms with E-state index in [2.05, 4.69) is 31.3 Å². The van der Waals surface area contributed by atoms with Gasteiger partial charge in [-0.25, -0.2) is 0 Å². The second-order valence-corrected chi connectivity index (χ2v) is 11.8. The van der Waals surface area contributed by atoms with Crippen LogP contribution in [-0.4, -0.2) is 35.6 Å². The number of esters is 1. The lowest BCUT2D eigenvalue weighted by Gasteiger charge is -2.18. The first-order chi connectivity index (χ1) is 20.0. The predicted molar refractivity (Wildman–Crippen MR) is 171 cm³/mol. The second kappa shape index (κ2) is 31.1. The Bertz CT molecular complexity index is 648. The van der Waals surface area contributed by atoms with E-state index in [0.717, 1.165) is 70.6 Å². The number of hydrogen-bond donors (Lipinski definition) is 2. The van der Waals surface area contributed by atoms with Crippen LogP contribution in [0.3, 0.4) is 0 Å². The number of rotatable bonds is 31. The summed E-state index contributed by atoms with van der Waals surface area (Å²) in [7, 11) is 0. The number of carboxylic acid groups (broad SMARTS) is 1. The van der Waals surface area contributed by atoms with Crippen LogP contribution in [0.1, 0.15) is 181 Å². The fourth-order valence-electron chi connectivity index (χ4n) is 5.10. The summed E-state index contributed by atoms with van der Waals surface area (Å²) in [5, 5.41) is 11.0. The van der Waals surface area contributed by atoms with Gasteiger partial charge in [0.05, 0.1) is 0 Å². The summed E-state index contributed by atoms with van der Waals surface area (Å²) in [6.07, 6.45) is 33.3. The van der Waals surface area contributed by atoms with Crippen LogP contribution in [0.15, 0.2) is 12.2 Å². The largest absolute Gasteiger partial charge is 0.480 e. The highest BCUT2D eigenvalue weighted by molar-refractivity contribution is 5.80. The Balaban J connectivity index is 4.21. The van der Waals surface area contributed by atoms with Crippen molar-refractivity contribution >= 4 is 17.8 Å². The van der Waals surface area contributed by atoms with Crippen LogP contribution in [0.5, 0.6) is 0 Å². The number of amides is 1. The van der Waals surface area contributed by atoms with Crippen molar-refractivity contribution in [2.75, 3.05) is 6.54 Å². The van der Waals surface area contributed by atoms with Crippen LogP contribution in [0, 0.1) is 0 Å². The van der Waals surface area contributed by atoms with E-state index in [9.17, 15) is 14.4 Å². The molecule has 0 fully saturated rings. The highest BCUT2D eigenvalue weighted by Crippen LogP contribution is 2.18. The minimum atomic E-state index is -1.02. The zero-order chi connectivity index (χ0) is 30.2. The topological polar surface area (TPSA) is 92.7 Å². The van der Waals surface area contributed by atoms with Crippen LogP contribution in [-0.2, 0) is 19.1 Å². The molecule has 0 aromatic rings. The molecule has 0 aromatic carbocycles. The Morgan fingerprint density at radius 3 is 1.66 bits per heavy atom. The van der Waals surface area contributed by atoms with Gasteiger partial charge < -0.3 is 15.2 Å². The van der Waals surface area contributed by atoms with Gasteiger partial charge in [0, 0.05) is 12.8 Å². The molecule has 0 aliphatic rings. The summed E-state index contributed by atoms with van der Waals surface area (Å²) in [4.78, 5) is 34.7. The number of ether oxygens (including phenoxy) is 1. The third kappa shape index (κ3) is 30.9. The van der Waals surface area contributed by atoms with Crippen LogP contribution in [0.2, 0.25) is 0 Å². The molecule has 0 spiro atoms. The van der Waals surface area contributed by atoms with Crippen molar-refractivity contribution in [1.82, 2.24) is 5.32 Å². The Kier molecular flexibility index (Phi) is 29.7. The van der Waals surface area contributed by atoms with E-state index in [-0.39, 0.29) is 24.5 Å². The first-order valence-corrected chi connectivity index (χ1v) is 17.3. The number of unbranched alkanes of at least 4 members (excludes halogenated alkanes) is 18. The number of carboxylic acids is 1. The molecule has 1 amide bonds. The number of allylic oxidation sites excluding steroid dienone is 2. The summed E-state index contributed by atoms with van der Waals surface area (Å²) >= 11 is 0. The minimum absolute atomic E-state index is 0.00491. The Morgan fingerprint density at radius 2 is 1.07 bits per heavy atom. The van der Waals surface area contributed by atoms with E-state index in [0.29, 0.717) is 12.8 Å². The van der Waals surface area contributed by atoms with Gasteiger partial charge in [0.15, 0.2) is 0 Å². The van der Waals surface area contributed by atoms with Crippen molar-refractivity contribution in [3.05, 3.63) is 12.2 Å². The zero-order valence-corrected chi connectivity index (χ0v) is 26.9. The molecule has 1 unspecified atom stereocenters. The van der Waals surface area contributed by atoms with Crippen molar-refractivity contribution in [3.63, 3.8) is 0 Å². The fourth-order valence-corrected chi connectivity index (χ4v) is 5.10. The maximum absolute atomic E-state index is 12.6. The van der Waals surface area contributed by atoms with E-state index in [4.69, 9.17) is 9.84 Å². The zero-order valence-electron chi connectivity index (χ0n) is 26.9. The molecule has 0 aromatic heterocycles. The molecule has 0 saturated heterocycles. The summed E-state index contributed by atoms with van der Waals surface area (Å²) in [5.41, 5.74) is 0. The Morgan fingerprint density at radius 1 is 0.610 bits per heavy atom. The van der Waals surface area contributed by atoms with Crippen molar-refractivity contribution in [1.29, 1.82) is 0 Å². The molecule has 0 saturated carbocycles. The van der Waals surface area contributed by atoms with Gasteiger partial charge in [-0.3, -0.25) is 14.4 Å². The summed E-state index contributed by atoms with van der Waals surface area (Å²) in [5.74, 6) is -1.25. The van der Waals surface area contributed by atoms with Crippen molar-refractivity contribution in [3.8, 4) is 0 Å². The Labute approximate surface area is 252 Å². The maximum Gasteiger partial charge on any atom is 0.322 e. The smallest absolute Gasteiger partial charge is 0.322 e. The quantitative estimate of drug-likeness (QED) is 0.0484. The number of carbonyl (C=O) groups is 3. The molecular formula is C35H65NO5. The van der Waals surface area contributed by atoms with Gasteiger partial charge in [0.25, 0.3) is 0 Å². The summed E-state index contributed by atoms with van der Waals surface area (Å²) in [6.45, 7) is 4.18. The third-order valence-corrected chi connectivity index (χ3v) is 7.69. The molecular weight excluding hydrogens is 514 g/mol. The van der Waals surface area contributed by atoms with Gasteiger partial charge in [0.2, 0.25) is 5.91 Å². The number of nitrogens with one attached hydrogen (secondary N) is 1. The van der Waals surface area contributed by atoms with Crippen molar-refractivity contribution < 1.29 is 24.2 Å². The van der Waals surface area contributed by atoms with Crippen LogP contribution in [0.25, 0.3) is 0 Å². The molecule has 2 N–H and O–H groups in total. The minimum Gasteiger partial charge on any atom is -0.480 e. The van der Waals surface area contributed by atoms with Gasteiger partial charge in [-0.2, -0.15) is 0 Å². The molecule has 0 radical (unpaired) electrons. The van der Waals surface area contributed by atoms with Crippen molar-refractivity contribution in [2.45, 2.75) is 187 Å². The third-order valence-electron chi connectivity index (χ3n) is 7.69. The molecule has 0 aliphatic heterocycles.